The van der Waals surface area contributed by atoms with Crippen molar-refractivity contribution < 1.29 is 18.7 Å². The van der Waals surface area contributed by atoms with Gasteiger partial charge < -0.3 is 19.7 Å². The minimum Gasteiger partial charge on any atom is -0.483 e. The summed E-state index contributed by atoms with van der Waals surface area (Å²) in [6, 6.07) is 4.26. The summed E-state index contributed by atoms with van der Waals surface area (Å²) in [6.07, 6.45) is 0. The topological polar surface area (TPSA) is 50.8 Å². The summed E-state index contributed by atoms with van der Waals surface area (Å²) >= 11 is 0. The molecule has 0 spiro atoms. The van der Waals surface area contributed by atoms with Crippen LogP contribution in [0.2, 0.25) is 0 Å². The zero-order valence-corrected chi connectivity index (χ0v) is 12.4. The molecule has 0 radical (unpaired) electrons. The van der Waals surface area contributed by atoms with Gasteiger partial charge in [0.25, 0.3) is 5.91 Å². The van der Waals surface area contributed by atoms with Gasteiger partial charge in [-0.1, -0.05) is 0 Å². The third-order valence-corrected chi connectivity index (χ3v) is 3.59. The lowest BCUT2D eigenvalue weighted by molar-refractivity contribution is -0.137. The average molecular weight is 296 g/mol. The number of benzene rings is 1. The van der Waals surface area contributed by atoms with Crippen LogP contribution in [0.1, 0.15) is 18.5 Å². The first-order valence-electron chi connectivity index (χ1n) is 7.07. The third-order valence-electron chi connectivity index (χ3n) is 3.59. The van der Waals surface area contributed by atoms with Gasteiger partial charge >= 0.3 is 0 Å². The molecule has 1 aromatic carbocycles. The number of carbonyl (C=O) groups excluding carboxylic acids is 1. The second kappa shape index (κ2) is 7.38. The number of nitrogens with zero attached hydrogens (tertiary/aromatic N) is 1. The summed E-state index contributed by atoms with van der Waals surface area (Å²) in [6.45, 7) is 4.16. The molecule has 0 saturated carbocycles. The van der Waals surface area contributed by atoms with Crippen molar-refractivity contribution in [3.8, 4) is 5.75 Å². The largest absolute Gasteiger partial charge is 0.483 e. The van der Waals surface area contributed by atoms with E-state index in [0.717, 1.165) is 0 Å². The van der Waals surface area contributed by atoms with Crippen LogP contribution in [0.5, 0.6) is 5.75 Å². The number of morpholine rings is 1. The Morgan fingerprint density at radius 1 is 1.48 bits per heavy atom. The van der Waals surface area contributed by atoms with E-state index in [-0.39, 0.29) is 24.4 Å². The highest BCUT2D eigenvalue weighted by Crippen LogP contribution is 2.26. The van der Waals surface area contributed by atoms with Crippen molar-refractivity contribution in [3.05, 3.63) is 29.6 Å². The smallest absolute Gasteiger partial charge is 0.260 e. The molecule has 1 aromatic rings. The van der Waals surface area contributed by atoms with Gasteiger partial charge in [0.15, 0.2) is 6.61 Å². The van der Waals surface area contributed by atoms with E-state index in [4.69, 9.17) is 9.47 Å². The maximum absolute atomic E-state index is 13.4. The van der Waals surface area contributed by atoms with Crippen LogP contribution >= 0.6 is 0 Å². The molecule has 21 heavy (non-hydrogen) atoms. The van der Waals surface area contributed by atoms with Gasteiger partial charge in [-0.05, 0) is 32.2 Å². The van der Waals surface area contributed by atoms with Crippen LogP contribution in [0.4, 0.5) is 4.39 Å². The van der Waals surface area contributed by atoms with Crippen LogP contribution in [-0.4, -0.2) is 50.8 Å². The second-order valence-electron chi connectivity index (χ2n) is 4.97. The van der Waals surface area contributed by atoms with Crippen molar-refractivity contribution in [2.45, 2.75) is 13.0 Å². The minimum atomic E-state index is -0.320. The van der Waals surface area contributed by atoms with Gasteiger partial charge in [-0.25, -0.2) is 4.39 Å². The van der Waals surface area contributed by atoms with Crippen molar-refractivity contribution in [1.82, 2.24) is 10.2 Å². The van der Waals surface area contributed by atoms with Gasteiger partial charge in [-0.3, -0.25) is 4.79 Å². The molecular weight excluding hydrogens is 275 g/mol. The fraction of sp³-hybridized carbons (Fsp3) is 0.533. The van der Waals surface area contributed by atoms with E-state index in [2.05, 4.69) is 5.32 Å². The summed E-state index contributed by atoms with van der Waals surface area (Å²) in [5.41, 5.74) is 0.701. The maximum atomic E-state index is 13.4. The van der Waals surface area contributed by atoms with Crippen LogP contribution in [-0.2, 0) is 9.53 Å². The van der Waals surface area contributed by atoms with Crippen molar-refractivity contribution in [2.75, 3.05) is 40.0 Å². The van der Waals surface area contributed by atoms with E-state index in [1.165, 1.54) is 12.1 Å². The lowest BCUT2D eigenvalue weighted by atomic mass is 10.1. The van der Waals surface area contributed by atoms with E-state index in [1.807, 2.05) is 6.92 Å². The lowest BCUT2D eigenvalue weighted by Gasteiger charge is -2.27. The Balaban J connectivity index is 2.00. The molecular formula is C15H21FN2O3. The van der Waals surface area contributed by atoms with Gasteiger partial charge in [0.1, 0.15) is 11.6 Å². The summed E-state index contributed by atoms with van der Waals surface area (Å²) in [4.78, 5) is 13.8. The molecule has 5 nitrogen and oxygen atoms in total. The number of ether oxygens (including phenoxy) is 2. The van der Waals surface area contributed by atoms with Gasteiger partial charge in [0.2, 0.25) is 0 Å². The number of rotatable bonds is 5. The highest BCUT2D eigenvalue weighted by atomic mass is 19.1. The van der Waals surface area contributed by atoms with Crippen molar-refractivity contribution in [3.63, 3.8) is 0 Å². The Morgan fingerprint density at radius 2 is 2.19 bits per heavy atom. The van der Waals surface area contributed by atoms with Crippen LogP contribution in [0, 0.1) is 5.82 Å². The summed E-state index contributed by atoms with van der Waals surface area (Å²) < 4.78 is 24.2. The number of hydrogen-bond donors (Lipinski definition) is 1. The molecule has 1 amide bonds. The molecule has 0 bridgehead atoms. The van der Waals surface area contributed by atoms with Crippen LogP contribution in [0.25, 0.3) is 0 Å². The first kappa shape index (κ1) is 15.7. The van der Waals surface area contributed by atoms with E-state index in [1.54, 1.807) is 18.0 Å². The Kier molecular flexibility index (Phi) is 5.52. The predicted molar refractivity (Wildman–Crippen MR) is 76.8 cm³/mol. The Labute approximate surface area is 124 Å². The molecule has 116 valence electrons. The fourth-order valence-corrected chi connectivity index (χ4v) is 2.19. The van der Waals surface area contributed by atoms with E-state index in [9.17, 15) is 9.18 Å². The Bertz CT molecular complexity index is 490. The van der Waals surface area contributed by atoms with E-state index >= 15 is 0 Å². The Hall–Kier alpha value is -1.66. The molecule has 2 rings (SSSR count). The van der Waals surface area contributed by atoms with Crippen LogP contribution < -0.4 is 10.1 Å². The van der Waals surface area contributed by atoms with E-state index < -0.39 is 0 Å². The third kappa shape index (κ3) is 4.15. The first-order chi connectivity index (χ1) is 10.1. The Morgan fingerprint density at radius 3 is 2.86 bits per heavy atom. The molecule has 1 saturated heterocycles. The highest BCUT2D eigenvalue weighted by Gasteiger charge is 2.18. The number of halogens is 1. The van der Waals surface area contributed by atoms with Gasteiger partial charge in [-0.15, -0.1) is 0 Å². The van der Waals surface area contributed by atoms with Crippen LogP contribution in [0.15, 0.2) is 18.2 Å². The zero-order chi connectivity index (χ0) is 15.2. The molecule has 1 atom stereocenters. The van der Waals surface area contributed by atoms with E-state index in [0.29, 0.717) is 37.6 Å². The SMILES string of the molecule is CNC(C)c1cc(F)ccc1OCC(=O)N1CCOCC1. The lowest BCUT2D eigenvalue weighted by Crippen LogP contribution is -2.43. The zero-order valence-electron chi connectivity index (χ0n) is 12.4. The average Bonchev–Trinajstić information content (AvgIpc) is 2.53. The van der Waals surface area contributed by atoms with Gasteiger partial charge in [0.05, 0.1) is 13.2 Å². The number of amides is 1. The standard InChI is InChI=1S/C15H21FN2O3/c1-11(17-2)13-9-12(16)3-4-14(13)21-10-15(19)18-5-7-20-8-6-18/h3-4,9,11,17H,5-8,10H2,1-2H3. The van der Waals surface area contributed by atoms with Gasteiger partial charge in [-0.2, -0.15) is 0 Å². The summed E-state index contributed by atoms with van der Waals surface area (Å²) in [7, 11) is 1.79. The molecule has 6 heteroatoms. The minimum absolute atomic E-state index is 0.0466. The molecule has 0 aliphatic carbocycles. The monoisotopic (exact) mass is 296 g/mol. The summed E-state index contributed by atoms with van der Waals surface area (Å²) in [5, 5.41) is 3.04. The van der Waals surface area contributed by atoms with Crippen molar-refractivity contribution in [2.24, 2.45) is 0 Å². The number of nitrogens with one attached hydrogen (secondary N) is 1. The first-order valence-corrected chi connectivity index (χ1v) is 7.07. The van der Waals surface area contributed by atoms with Gasteiger partial charge in [0, 0.05) is 24.7 Å². The summed E-state index contributed by atoms with van der Waals surface area (Å²) in [5.74, 6) is 0.129. The molecule has 0 aromatic heterocycles. The molecule has 1 N–H and O–H groups in total. The number of hydrogen-bond acceptors (Lipinski definition) is 4. The maximum Gasteiger partial charge on any atom is 0.260 e. The molecule has 1 aliphatic heterocycles. The van der Waals surface area contributed by atoms with Crippen molar-refractivity contribution >= 4 is 5.91 Å². The normalized spacial score (nSPS) is 16.6. The quantitative estimate of drug-likeness (QED) is 0.891. The molecule has 1 aliphatic rings. The highest BCUT2D eigenvalue weighted by molar-refractivity contribution is 5.77. The molecule has 1 heterocycles. The van der Waals surface area contributed by atoms with Crippen LogP contribution in [0.3, 0.4) is 0 Å². The fourth-order valence-electron chi connectivity index (χ4n) is 2.19. The van der Waals surface area contributed by atoms with Crippen molar-refractivity contribution in [1.29, 1.82) is 0 Å². The predicted octanol–water partition coefficient (Wildman–Crippen LogP) is 1.34. The molecule has 1 fully saturated rings. The molecule has 1 unspecified atom stereocenters. The number of carbonyl (C=O) groups is 1. The second-order valence-corrected chi connectivity index (χ2v) is 4.97.